The van der Waals surface area contributed by atoms with Gasteiger partial charge in [-0.2, -0.15) is 0 Å². The van der Waals surface area contributed by atoms with Crippen LogP contribution in [0.15, 0.2) is 33.2 Å². The van der Waals surface area contributed by atoms with Crippen LogP contribution >= 0.6 is 31.9 Å². The van der Waals surface area contributed by atoms with Gasteiger partial charge in [-0.1, -0.05) is 51.1 Å². The highest BCUT2D eigenvalue weighted by molar-refractivity contribution is 9.10. The minimum Gasteiger partial charge on any atom is -0.127 e. The zero-order valence-electron chi connectivity index (χ0n) is 15.1. The van der Waals surface area contributed by atoms with Gasteiger partial charge in [-0.25, -0.2) is 0 Å². The highest BCUT2D eigenvalue weighted by atomic mass is 79.9. The van der Waals surface area contributed by atoms with Crippen molar-refractivity contribution in [2.75, 3.05) is 0 Å². The van der Waals surface area contributed by atoms with Gasteiger partial charge in [-0.05, 0) is 66.9 Å². The van der Waals surface area contributed by atoms with E-state index in [0.29, 0.717) is 0 Å². The van der Waals surface area contributed by atoms with E-state index in [0.717, 1.165) is 20.1 Å². The lowest BCUT2D eigenvalue weighted by Gasteiger charge is -2.08. The van der Waals surface area contributed by atoms with Crippen LogP contribution in [0.5, 0.6) is 0 Å². The molecular weight excluding hydrogens is 456 g/mol. The van der Waals surface area contributed by atoms with E-state index in [4.69, 9.17) is 0 Å². The highest BCUT2D eigenvalue weighted by Crippen LogP contribution is 2.29. The van der Waals surface area contributed by atoms with Crippen LogP contribution in [0.3, 0.4) is 0 Å². The molecule has 0 atom stereocenters. The average molecular weight is 478 g/mol. The molecule has 0 unspecified atom stereocenters. The summed E-state index contributed by atoms with van der Waals surface area (Å²) in [5.74, 6) is 6.72. The Labute approximate surface area is 164 Å². The summed E-state index contributed by atoms with van der Waals surface area (Å²) >= 11 is 7.32. The Bertz CT molecular complexity index is 836. The van der Waals surface area contributed by atoms with Crippen LogP contribution in [0, 0.1) is 22.9 Å². The molecule has 0 aliphatic carbocycles. The first-order chi connectivity index (χ1) is 10.9. The topological polar surface area (TPSA) is 0 Å². The molecule has 4 heteroatoms. The van der Waals surface area contributed by atoms with E-state index < -0.39 is 16.1 Å². The van der Waals surface area contributed by atoms with E-state index in [1.54, 1.807) is 0 Å². The lowest BCUT2D eigenvalue weighted by atomic mass is 10.0. The van der Waals surface area contributed by atoms with Crippen molar-refractivity contribution in [2.45, 2.75) is 39.3 Å². The Balaban J connectivity index is 2.59. The molecule has 0 N–H and O–H groups in total. The fourth-order valence-electron chi connectivity index (χ4n) is 2.00. The van der Waals surface area contributed by atoms with Gasteiger partial charge in [0.2, 0.25) is 0 Å². The molecule has 0 nitrogen and oxygen atoms in total. The van der Waals surface area contributed by atoms with Crippen molar-refractivity contribution in [3.05, 3.63) is 44.3 Å². The second-order valence-electron chi connectivity index (χ2n) is 8.01. The van der Waals surface area contributed by atoms with Gasteiger partial charge in [0, 0.05) is 20.1 Å². The number of benzene rings is 2. The maximum absolute atomic E-state index is 3.66. The Kier molecular flexibility index (Phi) is 5.88. The largest absolute Gasteiger partial charge is 0.129 e. The Morgan fingerprint density at radius 1 is 0.625 bits per heavy atom. The van der Waals surface area contributed by atoms with Crippen LogP contribution in [0.1, 0.15) is 11.1 Å². The SMILES string of the molecule is C[Si](C)(C)C#Cc1cc2cc(C#C[Si](C)(C)C)c(Br)cc2cc1Br. The van der Waals surface area contributed by atoms with Crippen molar-refractivity contribution >= 4 is 58.8 Å². The molecule has 0 amide bonds. The van der Waals surface area contributed by atoms with Crippen molar-refractivity contribution in [3.63, 3.8) is 0 Å². The fraction of sp³-hybridized carbons (Fsp3) is 0.300. The third-order valence-corrected chi connectivity index (χ3v) is 6.22. The van der Waals surface area contributed by atoms with E-state index in [2.05, 4.69) is 118 Å². The summed E-state index contributed by atoms with van der Waals surface area (Å²) < 4.78 is 2.10. The molecule has 2 rings (SSSR count). The van der Waals surface area contributed by atoms with E-state index in [9.17, 15) is 0 Å². The zero-order chi connectivity index (χ0) is 18.1. The van der Waals surface area contributed by atoms with Crippen molar-refractivity contribution in [3.8, 4) is 22.9 Å². The normalized spacial score (nSPS) is 11.5. The Hall–Kier alpha value is -0.786. The van der Waals surface area contributed by atoms with Crippen LogP contribution < -0.4 is 0 Å². The van der Waals surface area contributed by atoms with Crippen LogP contribution in [-0.2, 0) is 0 Å². The van der Waals surface area contributed by atoms with Gasteiger partial charge in [0.15, 0.2) is 0 Å². The molecule has 0 bridgehead atoms. The van der Waals surface area contributed by atoms with Crippen LogP contribution in [0.2, 0.25) is 39.3 Å². The van der Waals surface area contributed by atoms with Crippen molar-refractivity contribution < 1.29 is 0 Å². The molecule has 2 aromatic carbocycles. The minimum atomic E-state index is -1.39. The number of fused-ring (bicyclic) bond motifs is 1. The second kappa shape index (κ2) is 7.22. The summed E-state index contributed by atoms with van der Waals surface area (Å²) in [6.07, 6.45) is 0. The molecule has 0 fully saturated rings. The molecule has 0 aliphatic heterocycles. The fourth-order valence-corrected chi connectivity index (χ4v) is 3.94. The molecule has 0 saturated carbocycles. The third kappa shape index (κ3) is 5.64. The maximum atomic E-state index is 3.66. The molecular formula is C20H22Br2Si2. The average Bonchev–Trinajstić information content (AvgIpc) is 2.41. The first-order valence-electron chi connectivity index (χ1n) is 7.94. The van der Waals surface area contributed by atoms with Gasteiger partial charge in [0.05, 0.1) is 0 Å². The summed E-state index contributed by atoms with van der Waals surface area (Å²) in [6.45, 7) is 13.6. The van der Waals surface area contributed by atoms with E-state index >= 15 is 0 Å². The molecule has 0 aromatic heterocycles. The summed E-state index contributed by atoms with van der Waals surface area (Å²) in [4.78, 5) is 0. The summed E-state index contributed by atoms with van der Waals surface area (Å²) in [6, 6.07) is 8.62. The summed E-state index contributed by atoms with van der Waals surface area (Å²) in [7, 11) is -2.78. The van der Waals surface area contributed by atoms with Gasteiger partial charge in [0.1, 0.15) is 16.1 Å². The number of halogens is 2. The van der Waals surface area contributed by atoms with Crippen molar-refractivity contribution in [1.82, 2.24) is 0 Å². The number of hydrogen-bond donors (Lipinski definition) is 0. The molecule has 0 radical (unpaired) electrons. The lowest BCUT2D eigenvalue weighted by molar-refractivity contribution is 1.60. The van der Waals surface area contributed by atoms with Crippen LogP contribution in [0.25, 0.3) is 10.8 Å². The standard InChI is InChI=1S/C20H22Br2Si2/c1-23(2,3)9-7-15-11-17-12-16(8-10-24(4,5)6)20(22)14-18(17)13-19(15)21/h11-14H,1-6H3. The van der Waals surface area contributed by atoms with Gasteiger partial charge < -0.3 is 0 Å². The van der Waals surface area contributed by atoms with E-state index in [1.165, 1.54) is 10.8 Å². The first-order valence-corrected chi connectivity index (χ1v) is 16.5. The molecule has 0 spiro atoms. The molecule has 24 heavy (non-hydrogen) atoms. The van der Waals surface area contributed by atoms with E-state index in [1.807, 2.05) is 0 Å². The van der Waals surface area contributed by atoms with Gasteiger partial charge in [-0.15, -0.1) is 11.1 Å². The molecule has 0 saturated heterocycles. The van der Waals surface area contributed by atoms with Crippen LogP contribution in [0.4, 0.5) is 0 Å². The number of hydrogen-bond acceptors (Lipinski definition) is 0. The Morgan fingerprint density at radius 2 is 0.958 bits per heavy atom. The van der Waals surface area contributed by atoms with Gasteiger partial charge in [-0.3, -0.25) is 0 Å². The summed E-state index contributed by atoms with van der Waals surface area (Å²) in [5, 5.41) is 2.37. The quantitative estimate of drug-likeness (QED) is 0.288. The second-order valence-corrected chi connectivity index (χ2v) is 19.2. The van der Waals surface area contributed by atoms with Gasteiger partial charge >= 0.3 is 0 Å². The monoisotopic (exact) mass is 476 g/mol. The molecule has 124 valence electrons. The molecule has 2 aromatic rings. The van der Waals surface area contributed by atoms with Crippen molar-refractivity contribution in [1.29, 1.82) is 0 Å². The summed E-state index contributed by atoms with van der Waals surface area (Å²) in [5.41, 5.74) is 8.99. The highest BCUT2D eigenvalue weighted by Gasteiger charge is 2.10. The van der Waals surface area contributed by atoms with Crippen LogP contribution in [-0.4, -0.2) is 16.1 Å². The lowest BCUT2D eigenvalue weighted by Crippen LogP contribution is -2.16. The van der Waals surface area contributed by atoms with E-state index in [-0.39, 0.29) is 0 Å². The molecule has 0 aliphatic rings. The third-order valence-electron chi connectivity index (χ3n) is 3.16. The predicted octanol–water partition coefficient (Wildman–Crippen LogP) is 6.82. The first kappa shape index (κ1) is 19.5. The zero-order valence-corrected chi connectivity index (χ0v) is 20.2. The molecule has 0 heterocycles. The predicted molar refractivity (Wildman–Crippen MR) is 120 cm³/mol. The maximum Gasteiger partial charge on any atom is 0.129 e. The smallest absolute Gasteiger partial charge is 0.127 e. The minimum absolute atomic E-state index is 1.05. The van der Waals surface area contributed by atoms with Gasteiger partial charge in [0.25, 0.3) is 0 Å². The number of rotatable bonds is 0. The van der Waals surface area contributed by atoms with Crippen molar-refractivity contribution in [2.24, 2.45) is 0 Å². The Morgan fingerprint density at radius 3 is 1.29 bits per heavy atom.